The highest BCUT2D eigenvalue weighted by molar-refractivity contribution is 6.32. The van der Waals surface area contributed by atoms with Crippen molar-refractivity contribution in [3.8, 4) is 5.75 Å². The third kappa shape index (κ3) is 2.86. The average Bonchev–Trinajstić information content (AvgIpc) is 2.72. The van der Waals surface area contributed by atoms with Crippen molar-refractivity contribution in [1.29, 1.82) is 0 Å². The van der Waals surface area contributed by atoms with E-state index in [4.69, 9.17) is 16.3 Å². The summed E-state index contributed by atoms with van der Waals surface area (Å²) >= 11 is 6.04. The minimum Gasteiger partial charge on any atom is -0.492 e. The monoisotopic (exact) mass is 225 g/mol. The van der Waals surface area contributed by atoms with E-state index in [1.54, 1.807) is 0 Å². The third-order valence-electron chi connectivity index (χ3n) is 2.72. The molecule has 15 heavy (non-hydrogen) atoms. The van der Waals surface area contributed by atoms with E-state index in [9.17, 15) is 0 Å². The molecule has 0 aromatic heterocycles. The lowest BCUT2D eigenvalue weighted by molar-refractivity contribution is 0.260. The van der Waals surface area contributed by atoms with Crippen LogP contribution in [0.4, 0.5) is 0 Å². The van der Waals surface area contributed by atoms with E-state index >= 15 is 0 Å². The van der Waals surface area contributed by atoms with Gasteiger partial charge in [0.05, 0.1) is 11.6 Å². The van der Waals surface area contributed by atoms with Crippen molar-refractivity contribution in [3.05, 3.63) is 28.8 Å². The molecule has 0 spiro atoms. The van der Waals surface area contributed by atoms with Gasteiger partial charge in [0.1, 0.15) is 5.75 Å². The summed E-state index contributed by atoms with van der Waals surface area (Å²) < 4.78 is 5.73. The van der Waals surface area contributed by atoms with Crippen molar-refractivity contribution in [3.63, 3.8) is 0 Å². The zero-order chi connectivity index (χ0) is 10.7. The van der Waals surface area contributed by atoms with Crippen LogP contribution in [-0.4, -0.2) is 19.7 Å². The summed E-state index contributed by atoms with van der Waals surface area (Å²) in [6.45, 7) is 4.97. The minimum absolute atomic E-state index is 0.626. The molecule has 1 aliphatic rings. The fourth-order valence-corrected chi connectivity index (χ4v) is 1.96. The van der Waals surface area contributed by atoms with Crippen molar-refractivity contribution < 1.29 is 4.74 Å². The average molecular weight is 226 g/mol. The highest BCUT2D eigenvalue weighted by Crippen LogP contribution is 2.26. The van der Waals surface area contributed by atoms with Crippen molar-refractivity contribution in [2.75, 3.05) is 19.7 Å². The summed E-state index contributed by atoms with van der Waals surface area (Å²) in [5.74, 6) is 1.44. The number of hydrogen-bond donors (Lipinski definition) is 1. The van der Waals surface area contributed by atoms with Gasteiger partial charge in [0.2, 0.25) is 0 Å². The van der Waals surface area contributed by atoms with Crippen LogP contribution in [0.25, 0.3) is 0 Å². The zero-order valence-corrected chi connectivity index (χ0v) is 9.68. The summed E-state index contributed by atoms with van der Waals surface area (Å²) in [6, 6.07) is 5.87. The largest absolute Gasteiger partial charge is 0.492 e. The molecule has 1 aromatic rings. The standard InChI is InChI=1S/C12H16ClNO/c1-9-2-3-11(13)12(6-9)15-8-10-4-5-14-7-10/h2-3,6,10,14H,4-5,7-8H2,1H3/t10-/m0/s1. The number of halogens is 1. The van der Waals surface area contributed by atoms with E-state index in [0.717, 1.165) is 25.4 Å². The van der Waals surface area contributed by atoms with Gasteiger partial charge in [-0.15, -0.1) is 0 Å². The summed E-state index contributed by atoms with van der Waals surface area (Å²) in [7, 11) is 0. The zero-order valence-electron chi connectivity index (χ0n) is 8.92. The molecule has 1 saturated heterocycles. The van der Waals surface area contributed by atoms with Crippen LogP contribution >= 0.6 is 11.6 Å². The Morgan fingerprint density at radius 2 is 2.40 bits per heavy atom. The molecule has 3 heteroatoms. The fraction of sp³-hybridized carbons (Fsp3) is 0.500. The lowest BCUT2D eigenvalue weighted by atomic mass is 10.1. The number of nitrogens with one attached hydrogen (secondary N) is 1. The second-order valence-electron chi connectivity index (χ2n) is 4.10. The fourth-order valence-electron chi connectivity index (χ4n) is 1.79. The van der Waals surface area contributed by atoms with Crippen molar-refractivity contribution in [2.45, 2.75) is 13.3 Å². The van der Waals surface area contributed by atoms with Gasteiger partial charge in [-0.05, 0) is 37.6 Å². The lowest BCUT2D eigenvalue weighted by Crippen LogP contribution is -2.15. The molecule has 1 aliphatic heterocycles. The first-order valence-corrected chi connectivity index (χ1v) is 5.73. The Balaban J connectivity index is 1.94. The molecule has 0 amide bonds. The van der Waals surface area contributed by atoms with Gasteiger partial charge in [-0.2, -0.15) is 0 Å². The summed E-state index contributed by atoms with van der Waals surface area (Å²) in [5.41, 5.74) is 1.18. The van der Waals surface area contributed by atoms with Gasteiger partial charge in [0.25, 0.3) is 0 Å². The Hall–Kier alpha value is -0.730. The summed E-state index contributed by atoms with van der Waals surface area (Å²) in [5, 5.41) is 4.02. The highest BCUT2D eigenvalue weighted by Gasteiger charge is 2.15. The van der Waals surface area contributed by atoms with Crippen LogP contribution in [0.2, 0.25) is 5.02 Å². The maximum Gasteiger partial charge on any atom is 0.138 e. The second kappa shape index (κ2) is 4.86. The number of rotatable bonds is 3. The van der Waals surface area contributed by atoms with Crippen LogP contribution in [0.3, 0.4) is 0 Å². The van der Waals surface area contributed by atoms with E-state index in [1.165, 1.54) is 12.0 Å². The van der Waals surface area contributed by atoms with Crippen molar-refractivity contribution in [1.82, 2.24) is 5.32 Å². The summed E-state index contributed by atoms with van der Waals surface area (Å²) in [4.78, 5) is 0. The summed E-state index contributed by atoms with van der Waals surface area (Å²) in [6.07, 6.45) is 1.20. The van der Waals surface area contributed by atoms with Crippen LogP contribution in [0.1, 0.15) is 12.0 Å². The van der Waals surface area contributed by atoms with Gasteiger partial charge in [-0.3, -0.25) is 0 Å². The smallest absolute Gasteiger partial charge is 0.138 e. The molecule has 0 radical (unpaired) electrons. The Morgan fingerprint density at radius 3 is 3.13 bits per heavy atom. The molecule has 2 rings (SSSR count). The predicted molar refractivity (Wildman–Crippen MR) is 62.7 cm³/mol. The quantitative estimate of drug-likeness (QED) is 0.854. The van der Waals surface area contributed by atoms with Crippen LogP contribution < -0.4 is 10.1 Å². The van der Waals surface area contributed by atoms with E-state index in [2.05, 4.69) is 5.32 Å². The molecule has 1 N–H and O–H groups in total. The van der Waals surface area contributed by atoms with Crippen molar-refractivity contribution in [2.24, 2.45) is 5.92 Å². The molecular formula is C12H16ClNO. The van der Waals surface area contributed by atoms with Crippen LogP contribution in [0, 0.1) is 12.8 Å². The second-order valence-corrected chi connectivity index (χ2v) is 4.51. The van der Waals surface area contributed by atoms with Crippen LogP contribution in [0.5, 0.6) is 5.75 Å². The first-order valence-electron chi connectivity index (χ1n) is 5.35. The van der Waals surface area contributed by atoms with Crippen LogP contribution in [-0.2, 0) is 0 Å². The van der Waals surface area contributed by atoms with Gasteiger partial charge in [-0.1, -0.05) is 17.7 Å². The predicted octanol–water partition coefficient (Wildman–Crippen LogP) is 2.64. The number of benzene rings is 1. The minimum atomic E-state index is 0.626. The normalized spacial score (nSPS) is 20.5. The molecule has 82 valence electrons. The molecule has 1 heterocycles. The Bertz CT molecular complexity index is 334. The number of aryl methyl sites for hydroxylation is 1. The van der Waals surface area contributed by atoms with Gasteiger partial charge in [-0.25, -0.2) is 0 Å². The van der Waals surface area contributed by atoms with Gasteiger partial charge in [0, 0.05) is 12.5 Å². The Morgan fingerprint density at radius 1 is 1.53 bits per heavy atom. The van der Waals surface area contributed by atoms with Gasteiger partial charge < -0.3 is 10.1 Å². The first-order chi connectivity index (χ1) is 7.25. The maximum atomic E-state index is 6.04. The van der Waals surface area contributed by atoms with E-state index in [0.29, 0.717) is 10.9 Å². The van der Waals surface area contributed by atoms with E-state index < -0.39 is 0 Å². The first kappa shape index (κ1) is 10.8. The van der Waals surface area contributed by atoms with Crippen molar-refractivity contribution >= 4 is 11.6 Å². The third-order valence-corrected chi connectivity index (χ3v) is 3.04. The van der Waals surface area contributed by atoms with Crippen LogP contribution in [0.15, 0.2) is 18.2 Å². The van der Waals surface area contributed by atoms with E-state index in [-0.39, 0.29) is 0 Å². The molecule has 1 aromatic carbocycles. The number of hydrogen-bond acceptors (Lipinski definition) is 2. The Labute approximate surface area is 95.6 Å². The Kier molecular flexibility index (Phi) is 3.49. The number of ether oxygens (including phenoxy) is 1. The molecular weight excluding hydrogens is 210 g/mol. The molecule has 0 unspecified atom stereocenters. The molecule has 0 bridgehead atoms. The topological polar surface area (TPSA) is 21.3 Å². The molecule has 0 saturated carbocycles. The van der Waals surface area contributed by atoms with Gasteiger partial charge in [0.15, 0.2) is 0 Å². The molecule has 0 aliphatic carbocycles. The SMILES string of the molecule is Cc1ccc(Cl)c(OC[C@H]2CCNC2)c1. The van der Waals surface area contributed by atoms with E-state index in [1.807, 2.05) is 25.1 Å². The maximum absolute atomic E-state index is 6.04. The van der Waals surface area contributed by atoms with Gasteiger partial charge >= 0.3 is 0 Å². The highest BCUT2D eigenvalue weighted by atomic mass is 35.5. The lowest BCUT2D eigenvalue weighted by Gasteiger charge is -2.12. The molecule has 2 nitrogen and oxygen atoms in total. The molecule has 1 fully saturated rings. The molecule has 1 atom stereocenters.